The van der Waals surface area contributed by atoms with Gasteiger partial charge in [-0.3, -0.25) is 0 Å². The van der Waals surface area contributed by atoms with Crippen LogP contribution in [-0.2, 0) is 0 Å². The fourth-order valence-corrected chi connectivity index (χ4v) is 1.85. The van der Waals surface area contributed by atoms with E-state index in [-0.39, 0.29) is 12.0 Å². The molecule has 2 aromatic heterocycles. The molecule has 0 unspecified atom stereocenters. The van der Waals surface area contributed by atoms with E-state index in [4.69, 9.17) is 14.9 Å². The largest absolute Gasteiger partial charge is 0.467 e. The third-order valence-electron chi connectivity index (χ3n) is 2.71. The lowest BCUT2D eigenvalue weighted by Gasteiger charge is -2.00. The first-order valence-electron chi connectivity index (χ1n) is 5.72. The van der Waals surface area contributed by atoms with Crippen LogP contribution in [0.15, 0.2) is 28.7 Å². The Balaban J connectivity index is 2.15. The number of nitrogen functional groups attached to an aromatic ring is 1. The SMILES string of the molecule is COc1nc(N)nc(-c2cc3cc(C)ccc3o2)n1. The van der Waals surface area contributed by atoms with Gasteiger partial charge in [-0.1, -0.05) is 11.6 Å². The van der Waals surface area contributed by atoms with E-state index in [0.717, 1.165) is 16.5 Å². The molecule has 3 rings (SSSR count). The maximum absolute atomic E-state index is 5.70. The number of nitrogens with zero attached hydrogens (tertiary/aromatic N) is 3. The van der Waals surface area contributed by atoms with Crippen LogP contribution in [0.25, 0.3) is 22.6 Å². The Bertz CT molecular complexity index is 751. The lowest BCUT2D eigenvalue weighted by molar-refractivity contribution is 0.379. The van der Waals surface area contributed by atoms with E-state index in [9.17, 15) is 0 Å². The standard InChI is InChI=1S/C13H12N4O2/c1-7-3-4-9-8(5-7)6-10(19-9)11-15-12(14)17-13(16-11)18-2/h3-6H,1-2H3,(H2,14,15,16,17). The summed E-state index contributed by atoms with van der Waals surface area (Å²) in [5, 5.41) is 0.993. The number of rotatable bonds is 2. The highest BCUT2D eigenvalue weighted by Gasteiger charge is 2.12. The van der Waals surface area contributed by atoms with Gasteiger partial charge in [0.05, 0.1) is 7.11 Å². The molecule has 0 bridgehead atoms. The molecular formula is C13H12N4O2. The van der Waals surface area contributed by atoms with E-state index < -0.39 is 0 Å². The van der Waals surface area contributed by atoms with Crippen LogP contribution in [0.1, 0.15) is 5.56 Å². The van der Waals surface area contributed by atoms with Crippen molar-refractivity contribution >= 4 is 16.9 Å². The third kappa shape index (κ3) is 2.08. The van der Waals surface area contributed by atoms with Crippen molar-refractivity contribution < 1.29 is 9.15 Å². The van der Waals surface area contributed by atoms with Crippen molar-refractivity contribution in [3.05, 3.63) is 29.8 Å². The van der Waals surface area contributed by atoms with E-state index in [2.05, 4.69) is 15.0 Å². The van der Waals surface area contributed by atoms with Gasteiger partial charge in [0.2, 0.25) is 11.8 Å². The maximum atomic E-state index is 5.70. The van der Waals surface area contributed by atoms with Crippen molar-refractivity contribution in [2.24, 2.45) is 0 Å². The smallest absolute Gasteiger partial charge is 0.321 e. The molecule has 96 valence electrons. The number of ether oxygens (including phenoxy) is 1. The highest BCUT2D eigenvalue weighted by atomic mass is 16.5. The van der Waals surface area contributed by atoms with Crippen molar-refractivity contribution in [2.75, 3.05) is 12.8 Å². The first-order valence-corrected chi connectivity index (χ1v) is 5.72. The average molecular weight is 256 g/mol. The first-order chi connectivity index (χ1) is 9.15. The van der Waals surface area contributed by atoms with Crippen molar-refractivity contribution in [1.82, 2.24) is 15.0 Å². The van der Waals surface area contributed by atoms with E-state index in [1.807, 2.05) is 31.2 Å². The summed E-state index contributed by atoms with van der Waals surface area (Å²) >= 11 is 0. The number of methoxy groups -OCH3 is 1. The molecule has 2 N–H and O–H groups in total. The lowest BCUT2D eigenvalue weighted by atomic mass is 10.2. The van der Waals surface area contributed by atoms with Gasteiger partial charge < -0.3 is 14.9 Å². The van der Waals surface area contributed by atoms with Gasteiger partial charge in [0.1, 0.15) is 5.58 Å². The predicted molar refractivity (Wildman–Crippen MR) is 70.7 cm³/mol. The van der Waals surface area contributed by atoms with Gasteiger partial charge in [-0.25, -0.2) is 0 Å². The second kappa shape index (κ2) is 4.24. The number of aromatic nitrogens is 3. The predicted octanol–water partition coefficient (Wildman–Crippen LogP) is 2.18. The van der Waals surface area contributed by atoms with Crippen LogP contribution >= 0.6 is 0 Å². The van der Waals surface area contributed by atoms with Crippen molar-refractivity contribution in [2.45, 2.75) is 6.92 Å². The Morgan fingerprint density at radius 1 is 1.16 bits per heavy atom. The number of furan rings is 1. The lowest BCUT2D eigenvalue weighted by Crippen LogP contribution is -2.02. The fourth-order valence-electron chi connectivity index (χ4n) is 1.85. The second-order valence-corrected chi connectivity index (χ2v) is 4.16. The van der Waals surface area contributed by atoms with Crippen molar-refractivity contribution in [1.29, 1.82) is 0 Å². The Labute approximate surface area is 109 Å². The summed E-state index contributed by atoms with van der Waals surface area (Å²) in [5.74, 6) is 0.990. The molecule has 0 fully saturated rings. The average Bonchev–Trinajstić information content (AvgIpc) is 2.80. The number of hydrogen-bond donors (Lipinski definition) is 1. The molecule has 0 amide bonds. The molecule has 0 aliphatic rings. The summed E-state index contributed by atoms with van der Waals surface area (Å²) in [4.78, 5) is 12.0. The minimum absolute atomic E-state index is 0.0958. The number of fused-ring (bicyclic) bond motifs is 1. The Kier molecular flexibility index (Phi) is 2.56. The van der Waals surface area contributed by atoms with Gasteiger partial charge in [0, 0.05) is 5.39 Å². The minimum Gasteiger partial charge on any atom is -0.467 e. The molecule has 2 heterocycles. The monoisotopic (exact) mass is 256 g/mol. The highest BCUT2D eigenvalue weighted by Crippen LogP contribution is 2.27. The van der Waals surface area contributed by atoms with Crippen LogP contribution in [0, 0.1) is 6.92 Å². The molecule has 0 saturated carbocycles. The molecule has 6 nitrogen and oxygen atoms in total. The molecule has 19 heavy (non-hydrogen) atoms. The molecular weight excluding hydrogens is 244 g/mol. The number of benzene rings is 1. The summed E-state index contributed by atoms with van der Waals surface area (Å²) < 4.78 is 10.7. The number of nitrogens with two attached hydrogens (primary N) is 1. The number of aryl methyl sites for hydroxylation is 1. The molecule has 0 saturated heterocycles. The molecule has 0 spiro atoms. The van der Waals surface area contributed by atoms with Crippen LogP contribution in [0.2, 0.25) is 0 Å². The quantitative estimate of drug-likeness (QED) is 0.756. The zero-order valence-electron chi connectivity index (χ0n) is 10.5. The van der Waals surface area contributed by atoms with Crippen molar-refractivity contribution in [3.8, 4) is 17.6 Å². The summed E-state index contributed by atoms with van der Waals surface area (Å²) in [6.45, 7) is 2.02. The van der Waals surface area contributed by atoms with Gasteiger partial charge in [0.25, 0.3) is 0 Å². The molecule has 0 radical (unpaired) electrons. The summed E-state index contributed by atoms with van der Waals surface area (Å²) in [6.07, 6.45) is 0. The van der Waals surface area contributed by atoms with Crippen LogP contribution in [0.3, 0.4) is 0 Å². The van der Waals surface area contributed by atoms with E-state index >= 15 is 0 Å². The Morgan fingerprint density at radius 3 is 2.79 bits per heavy atom. The minimum atomic E-state index is 0.0958. The van der Waals surface area contributed by atoms with Crippen LogP contribution in [-0.4, -0.2) is 22.1 Å². The van der Waals surface area contributed by atoms with Crippen molar-refractivity contribution in [3.63, 3.8) is 0 Å². The van der Waals surface area contributed by atoms with Gasteiger partial charge in [-0.15, -0.1) is 0 Å². The van der Waals surface area contributed by atoms with Gasteiger partial charge in [-0.2, -0.15) is 15.0 Å². The summed E-state index contributed by atoms with van der Waals surface area (Å²) in [7, 11) is 1.47. The maximum Gasteiger partial charge on any atom is 0.321 e. The first kappa shape index (κ1) is 11.5. The van der Waals surface area contributed by atoms with E-state index in [1.54, 1.807) is 0 Å². The topological polar surface area (TPSA) is 87.1 Å². The Hall–Kier alpha value is -2.63. The van der Waals surface area contributed by atoms with E-state index in [0.29, 0.717) is 11.6 Å². The van der Waals surface area contributed by atoms with Gasteiger partial charge >= 0.3 is 6.01 Å². The molecule has 1 aromatic carbocycles. The molecule has 6 heteroatoms. The number of hydrogen-bond acceptors (Lipinski definition) is 6. The third-order valence-corrected chi connectivity index (χ3v) is 2.71. The zero-order chi connectivity index (χ0) is 13.4. The molecule has 0 aliphatic heterocycles. The highest BCUT2D eigenvalue weighted by molar-refractivity contribution is 5.82. The van der Waals surface area contributed by atoms with Crippen LogP contribution in [0.4, 0.5) is 5.95 Å². The second-order valence-electron chi connectivity index (χ2n) is 4.16. The number of anilines is 1. The molecule has 0 aliphatic carbocycles. The van der Waals surface area contributed by atoms with Crippen LogP contribution < -0.4 is 10.5 Å². The van der Waals surface area contributed by atoms with Gasteiger partial charge in [0.15, 0.2) is 5.76 Å². The summed E-state index contributed by atoms with van der Waals surface area (Å²) in [5.41, 5.74) is 7.54. The van der Waals surface area contributed by atoms with Gasteiger partial charge in [-0.05, 0) is 25.1 Å². The fraction of sp³-hybridized carbons (Fsp3) is 0.154. The molecule has 0 atom stereocenters. The van der Waals surface area contributed by atoms with E-state index in [1.165, 1.54) is 7.11 Å². The molecule has 3 aromatic rings. The summed E-state index contributed by atoms with van der Waals surface area (Å²) in [6, 6.07) is 7.97. The van der Waals surface area contributed by atoms with Crippen LogP contribution in [0.5, 0.6) is 6.01 Å². The Morgan fingerprint density at radius 2 is 2.00 bits per heavy atom. The zero-order valence-corrected chi connectivity index (χ0v) is 10.5. The normalized spacial score (nSPS) is 10.8.